The molecule has 0 radical (unpaired) electrons. The van der Waals surface area contributed by atoms with E-state index in [1.807, 2.05) is 30.4 Å². The van der Waals surface area contributed by atoms with Gasteiger partial charge in [0.15, 0.2) is 0 Å². The highest BCUT2D eigenvalue weighted by atomic mass is 16.5. The number of carbonyl (C=O) groups excluding carboxylic acids is 2. The second-order valence-electron chi connectivity index (χ2n) is 8.48. The average molecular weight is 393 g/mol. The molecule has 0 saturated carbocycles. The Morgan fingerprint density at radius 1 is 1.38 bits per heavy atom. The molecule has 0 bridgehead atoms. The molecule has 4 rings (SSSR count). The van der Waals surface area contributed by atoms with E-state index in [1.54, 1.807) is 16.9 Å². The molecule has 1 unspecified atom stereocenters. The minimum absolute atomic E-state index is 0.00387. The lowest BCUT2D eigenvalue weighted by atomic mass is 9.59. The van der Waals surface area contributed by atoms with Gasteiger partial charge in [-0.05, 0) is 29.9 Å². The number of fused-ring (bicyclic) bond motifs is 2. The van der Waals surface area contributed by atoms with Gasteiger partial charge in [0.2, 0.25) is 12.3 Å². The highest BCUT2D eigenvalue weighted by Crippen LogP contribution is 2.54. The molecule has 0 aliphatic carbocycles. The molecule has 6 nitrogen and oxygen atoms in total. The minimum atomic E-state index is -0.570. The monoisotopic (exact) mass is 393 g/mol. The molecule has 0 N–H and O–H groups in total. The Bertz CT molecular complexity index is 933. The minimum Gasteiger partial charge on any atom is -0.480 e. The SMILES string of the molecule is C=CC(C)(C)[C@@]1(CC2N=C(OC)C3=CCCN3C2=O)CN(C=O)c2ccccc21. The normalized spacial score (nSPS) is 25.9. The van der Waals surface area contributed by atoms with Crippen LogP contribution in [0.1, 0.15) is 32.3 Å². The number of amides is 2. The standard InChI is InChI=1S/C23H27N3O3/c1-5-22(2,3)23(14-25(15-27)18-10-7-6-9-16(18)23)13-17-21(28)26-12-8-11-19(26)20(24-17)29-4/h5-7,9-11,15,17H,1,8,12-14H2,2-4H3/t17?,23-/m0/s1. The van der Waals surface area contributed by atoms with Crippen molar-refractivity contribution in [2.45, 2.75) is 38.1 Å². The van der Waals surface area contributed by atoms with Gasteiger partial charge in [0.1, 0.15) is 11.7 Å². The maximum absolute atomic E-state index is 13.3. The zero-order valence-corrected chi connectivity index (χ0v) is 17.2. The summed E-state index contributed by atoms with van der Waals surface area (Å²) in [6.07, 6.45) is 6.07. The van der Waals surface area contributed by atoms with Gasteiger partial charge >= 0.3 is 0 Å². The molecule has 0 spiro atoms. The molecule has 0 fully saturated rings. The fraction of sp³-hybridized carbons (Fsp3) is 0.435. The van der Waals surface area contributed by atoms with Crippen LogP contribution < -0.4 is 4.90 Å². The first-order valence-corrected chi connectivity index (χ1v) is 9.97. The third-order valence-electron chi connectivity index (χ3n) is 6.80. The lowest BCUT2D eigenvalue weighted by Crippen LogP contribution is -2.51. The van der Waals surface area contributed by atoms with Crippen molar-refractivity contribution in [1.82, 2.24) is 4.90 Å². The molecule has 0 aromatic heterocycles. The van der Waals surface area contributed by atoms with Gasteiger partial charge in [-0.3, -0.25) is 9.59 Å². The van der Waals surface area contributed by atoms with E-state index in [-0.39, 0.29) is 11.3 Å². The number of methoxy groups -OCH3 is 1. The Morgan fingerprint density at radius 2 is 2.14 bits per heavy atom. The number of ether oxygens (including phenoxy) is 1. The van der Waals surface area contributed by atoms with Crippen LogP contribution in [0.5, 0.6) is 0 Å². The number of hydrogen-bond donors (Lipinski definition) is 0. The van der Waals surface area contributed by atoms with Crippen molar-refractivity contribution in [2.75, 3.05) is 25.1 Å². The Morgan fingerprint density at radius 3 is 2.83 bits per heavy atom. The van der Waals surface area contributed by atoms with E-state index < -0.39 is 11.5 Å². The molecule has 1 aromatic rings. The van der Waals surface area contributed by atoms with Crippen molar-refractivity contribution >= 4 is 23.9 Å². The van der Waals surface area contributed by atoms with E-state index in [9.17, 15) is 9.59 Å². The Labute approximate surface area is 171 Å². The van der Waals surface area contributed by atoms with Crippen LogP contribution in [-0.2, 0) is 19.7 Å². The zero-order chi connectivity index (χ0) is 20.8. The lowest BCUT2D eigenvalue weighted by Gasteiger charge is -2.45. The van der Waals surface area contributed by atoms with E-state index in [0.717, 1.165) is 29.8 Å². The maximum atomic E-state index is 13.3. The second kappa shape index (κ2) is 6.87. The predicted octanol–water partition coefficient (Wildman–Crippen LogP) is 3.05. The Hall–Kier alpha value is -2.89. The summed E-state index contributed by atoms with van der Waals surface area (Å²) in [5, 5.41) is 0. The molecule has 2 atom stereocenters. The van der Waals surface area contributed by atoms with Gasteiger partial charge in [0.25, 0.3) is 5.91 Å². The largest absolute Gasteiger partial charge is 0.480 e. The van der Waals surface area contributed by atoms with E-state index >= 15 is 0 Å². The summed E-state index contributed by atoms with van der Waals surface area (Å²) in [6.45, 7) is 9.43. The van der Waals surface area contributed by atoms with Gasteiger partial charge in [-0.15, -0.1) is 6.58 Å². The number of hydrogen-bond acceptors (Lipinski definition) is 4. The van der Waals surface area contributed by atoms with E-state index in [1.165, 1.54) is 0 Å². The van der Waals surface area contributed by atoms with Gasteiger partial charge in [-0.1, -0.05) is 44.2 Å². The number of allylic oxidation sites excluding steroid dienone is 1. The predicted molar refractivity (Wildman–Crippen MR) is 113 cm³/mol. The van der Waals surface area contributed by atoms with E-state index in [0.29, 0.717) is 25.4 Å². The molecule has 29 heavy (non-hydrogen) atoms. The van der Waals surface area contributed by atoms with E-state index in [4.69, 9.17) is 9.73 Å². The summed E-state index contributed by atoms with van der Waals surface area (Å²) in [7, 11) is 1.59. The third kappa shape index (κ3) is 2.73. The molecule has 3 heterocycles. The van der Waals surface area contributed by atoms with Crippen LogP contribution in [0.15, 0.2) is 53.7 Å². The third-order valence-corrected chi connectivity index (χ3v) is 6.80. The first kappa shape index (κ1) is 19.4. The number of aliphatic imine (C=N–C) groups is 1. The van der Waals surface area contributed by atoms with Crippen LogP contribution in [0.2, 0.25) is 0 Å². The fourth-order valence-electron chi connectivity index (χ4n) is 4.92. The van der Waals surface area contributed by atoms with Crippen molar-refractivity contribution in [3.8, 4) is 0 Å². The van der Waals surface area contributed by atoms with Gasteiger partial charge in [0, 0.05) is 24.2 Å². The molecular weight excluding hydrogens is 366 g/mol. The summed E-state index contributed by atoms with van der Waals surface area (Å²) in [4.78, 5) is 33.3. The molecule has 3 aliphatic heterocycles. The number of anilines is 1. The molecule has 2 amide bonds. The van der Waals surface area contributed by atoms with Crippen molar-refractivity contribution in [3.05, 3.63) is 54.3 Å². The number of benzene rings is 1. The first-order valence-electron chi connectivity index (χ1n) is 9.97. The van der Waals surface area contributed by atoms with Crippen LogP contribution >= 0.6 is 0 Å². The topological polar surface area (TPSA) is 62.2 Å². The summed E-state index contributed by atoms with van der Waals surface area (Å²) >= 11 is 0. The maximum Gasteiger partial charge on any atom is 0.252 e. The van der Waals surface area contributed by atoms with Crippen LogP contribution in [0.3, 0.4) is 0 Å². The molecule has 1 aromatic carbocycles. The second-order valence-corrected chi connectivity index (χ2v) is 8.48. The van der Waals surface area contributed by atoms with Gasteiger partial charge in [0.05, 0.1) is 7.11 Å². The van der Waals surface area contributed by atoms with Crippen LogP contribution in [0.4, 0.5) is 5.69 Å². The number of nitrogens with zero attached hydrogens (tertiary/aromatic N) is 3. The van der Waals surface area contributed by atoms with Crippen molar-refractivity contribution in [1.29, 1.82) is 0 Å². The van der Waals surface area contributed by atoms with Crippen molar-refractivity contribution < 1.29 is 14.3 Å². The van der Waals surface area contributed by atoms with Crippen LogP contribution in [0.25, 0.3) is 0 Å². The summed E-state index contributed by atoms with van der Waals surface area (Å²) in [5.41, 5.74) is 1.85. The highest BCUT2D eigenvalue weighted by molar-refractivity contribution is 6.04. The van der Waals surface area contributed by atoms with Gasteiger partial charge < -0.3 is 14.5 Å². The van der Waals surface area contributed by atoms with Crippen LogP contribution in [-0.4, -0.2) is 49.4 Å². The van der Waals surface area contributed by atoms with Crippen molar-refractivity contribution in [3.63, 3.8) is 0 Å². The first-order chi connectivity index (χ1) is 13.9. The molecule has 152 valence electrons. The number of rotatable bonds is 5. The Kier molecular flexibility index (Phi) is 4.60. The molecule has 3 aliphatic rings. The smallest absolute Gasteiger partial charge is 0.252 e. The number of carbonyl (C=O) groups is 2. The average Bonchev–Trinajstić information content (AvgIpc) is 3.34. The Balaban J connectivity index is 1.83. The zero-order valence-electron chi connectivity index (χ0n) is 17.2. The molecule has 6 heteroatoms. The highest BCUT2D eigenvalue weighted by Gasteiger charge is 2.54. The summed E-state index contributed by atoms with van der Waals surface area (Å²) in [5.74, 6) is 0.507. The van der Waals surface area contributed by atoms with Crippen LogP contribution in [0, 0.1) is 5.41 Å². The quantitative estimate of drug-likeness (QED) is 0.571. The lowest BCUT2D eigenvalue weighted by molar-refractivity contribution is -0.131. The summed E-state index contributed by atoms with van der Waals surface area (Å²) in [6, 6.07) is 7.35. The summed E-state index contributed by atoms with van der Waals surface area (Å²) < 4.78 is 5.51. The van der Waals surface area contributed by atoms with Gasteiger partial charge in [-0.2, -0.15) is 0 Å². The van der Waals surface area contributed by atoms with Gasteiger partial charge in [-0.25, -0.2) is 4.99 Å². The molecular formula is C23H27N3O3. The fourth-order valence-corrected chi connectivity index (χ4v) is 4.92. The van der Waals surface area contributed by atoms with E-state index in [2.05, 4.69) is 26.5 Å². The molecule has 0 saturated heterocycles. The number of para-hydroxylation sites is 1. The van der Waals surface area contributed by atoms with Crippen molar-refractivity contribution in [2.24, 2.45) is 10.4 Å².